The van der Waals surface area contributed by atoms with Gasteiger partial charge in [-0.1, -0.05) is 30.3 Å². The van der Waals surface area contributed by atoms with Crippen molar-refractivity contribution in [3.05, 3.63) is 47.8 Å². The van der Waals surface area contributed by atoms with Gasteiger partial charge in [-0.25, -0.2) is 4.79 Å². The summed E-state index contributed by atoms with van der Waals surface area (Å²) < 4.78 is 10.8. The summed E-state index contributed by atoms with van der Waals surface area (Å²) in [5.74, 6) is 0.125. The molecule has 110 valence electrons. The second-order valence-corrected chi connectivity index (χ2v) is 4.48. The minimum Gasteiger partial charge on any atom is -0.492 e. The van der Waals surface area contributed by atoms with E-state index in [1.54, 1.807) is 6.92 Å². The second kappa shape index (κ2) is 6.88. The van der Waals surface area contributed by atoms with Gasteiger partial charge in [-0.05, 0) is 26.3 Å². The van der Waals surface area contributed by atoms with Gasteiger partial charge in [0.25, 0.3) is 0 Å². The number of carbonyl (C=O) groups is 1. The first-order valence-corrected chi connectivity index (χ1v) is 7.04. The number of esters is 1. The van der Waals surface area contributed by atoms with Crippen LogP contribution in [0.4, 0.5) is 0 Å². The summed E-state index contributed by atoms with van der Waals surface area (Å²) in [6.07, 6.45) is 1.52. The van der Waals surface area contributed by atoms with Crippen molar-refractivity contribution in [2.24, 2.45) is 0 Å². The highest BCUT2D eigenvalue weighted by molar-refractivity contribution is 5.95. The normalized spacial score (nSPS) is 10.2. The zero-order chi connectivity index (χ0) is 15.2. The van der Waals surface area contributed by atoms with E-state index in [-0.39, 0.29) is 0 Å². The van der Waals surface area contributed by atoms with Crippen LogP contribution < -0.4 is 4.74 Å². The number of pyridine rings is 1. The third-order valence-electron chi connectivity index (χ3n) is 3.07. The highest BCUT2D eigenvalue weighted by atomic mass is 16.5. The highest BCUT2D eigenvalue weighted by Gasteiger charge is 2.21. The Morgan fingerprint density at radius 1 is 1.14 bits per heavy atom. The van der Waals surface area contributed by atoms with Gasteiger partial charge in [0.1, 0.15) is 11.3 Å². The fraction of sp³-hybridized carbons (Fsp3) is 0.294. The van der Waals surface area contributed by atoms with Crippen LogP contribution in [0.15, 0.2) is 36.5 Å². The van der Waals surface area contributed by atoms with Gasteiger partial charge in [0.05, 0.1) is 13.2 Å². The van der Waals surface area contributed by atoms with E-state index in [9.17, 15) is 4.79 Å². The summed E-state index contributed by atoms with van der Waals surface area (Å²) >= 11 is 0. The molecule has 21 heavy (non-hydrogen) atoms. The lowest BCUT2D eigenvalue weighted by molar-refractivity contribution is 0.0521. The smallest absolute Gasteiger partial charge is 0.343 e. The number of aryl methyl sites for hydroxylation is 1. The van der Waals surface area contributed by atoms with E-state index < -0.39 is 5.97 Å². The van der Waals surface area contributed by atoms with E-state index in [1.807, 2.05) is 44.2 Å². The van der Waals surface area contributed by atoms with Crippen LogP contribution in [0.25, 0.3) is 11.1 Å². The van der Waals surface area contributed by atoms with E-state index in [2.05, 4.69) is 4.98 Å². The number of ether oxygens (including phenoxy) is 2. The summed E-state index contributed by atoms with van der Waals surface area (Å²) in [6.45, 7) is 6.35. The molecular weight excluding hydrogens is 266 g/mol. The fourth-order valence-electron chi connectivity index (χ4n) is 2.18. The van der Waals surface area contributed by atoms with Gasteiger partial charge >= 0.3 is 5.97 Å². The first-order valence-electron chi connectivity index (χ1n) is 7.04. The average Bonchev–Trinajstić information content (AvgIpc) is 2.49. The van der Waals surface area contributed by atoms with Gasteiger partial charge in [-0.2, -0.15) is 0 Å². The lowest BCUT2D eigenvalue weighted by atomic mass is 10.0. The Balaban J connectivity index is 2.62. The summed E-state index contributed by atoms with van der Waals surface area (Å²) in [5, 5.41) is 0. The molecule has 0 aliphatic heterocycles. The average molecular weight is 285 g/mol. The molecule has 4 heteroatoms. The van der Waals surface area contributed by atoms with Crippen molar-refractivity contribution >= 4 is 5.97 Å². The van der Waals surface area contributed by atoms with Crippen LogP contribution >= 0.6 is 0 Å². The number of carbonyl (C=O) groups excluding carboxylic acids is 1. The number of hydrogen-bond acceptors (Lipinski definition) is 4. The fourth-order valence-corrected chi connectivity index (χ4v) is 2.18. The van der Waals surface area contributed by atoms with Crippen LogP contribution in [-0.4, -0.2) is 24.2 Å². The van der Waals surface area contributed by atoms with Crippen LogP contribution in [0, 0.1) is 6.92 Å². The van der Waals surface area contributed by atoms with Crippen molar-refractivity contribution in [1.82, 2.24) is 4.98 Å². The van der Waals surface area contributed by atoms with Crippen LogP contribution in [0.5, 0.6) is 5.75 Å². The molecule has 0 atom stereocenters. The van der Waals surface area contributed by atoms with Gasteiger partial charge in [-0.15, -0.1) is 0 Å². The Morgan fingerprint density at radius 2 is 1.86 bits per heavy atom. The molecule has 0 amide bonds. The zero-order valence-corrected chi connectivity index (χ0v) is 12.6. The van der Waals surface area contributed by atoms with Gasteiger partial charge in [-0.3, -0.25) is 4.98 Å². The maximum atomic E-state index is 12.1. The molecular formula is C17H19NO3. The molecule has 2 rings (SSSR count). The number of hydrogen-bond donors (Lipinski definition) is 0. The highest BCUT2D eigenvalue weighted by Crippen LogP contribution is 2.35. The van der Waals surface area contributed by atoms with E-state index in [0.29, 0.717) is 24.5 Å². The van der Waals surface area contributed by atoms with Crippen LogP contribution in [0.3, 0.4) is 0 Å². The first-order chi connectivity index (χ1) is 10.2. The monoisotopic (exact) mass is 285 g/mol. The van der Waals surface area contributed by atoms with E-state index >= 15 is 0 Å². The Labute approximate surface area is 124 Å². The third kappa shape index (κ3) is 3.21. The number of rotatable bonds is 5. The Hall–Kier alpha value is -2.36. The van der Waals surface area contributed by atoms with Gasteiger partial charge in [0.2, 0.25) is 0 Å². The summed E-state index contributed by atoms with van der Waals surface area (Å²) in [4.78, 5) is 16.4. The Kier molecular flexibility index (Phi) is 4.93. The summed E-state index contributed by atoms with van der Waals surface area (Å²) in [5.41, 5.74) is 2.99. The molecule has 0 spiro atoms. The van der Waals surface area contributed by atoms with Crippen molar-refractivity contribution in [2.45, 2.75) is 20.8 Å². The van der Waals surface area contributed by atoms with Gasteiger partial charge in [0, 0.05) is 17.5 Å². The second-order valence-electron chi connectivity index (χ2n) is 4.48. The lowest BCUT2D eigenvalue weighted by Gasteiger charge is -2.16. The topological polar surface area (TPSA) is 48.4 Å². The Morgan fingerprint density at radius 3 is 2.48 bits per heavy atom. The molecule has 0 fully saturated rings. The number of aromatic nitrogens is 1. The van der Waals surface area contributed by atoms with Crippen molar-refractivity contribution < 1.29 is 14.3 Å². The van der Waals surface area contributed by atoms with Crippen molar-refractivity contribution in [3.63, 3.8) is 0 Å². The number of benzene rings is 1. The van der Waals surface area contributed by atoms with Crippen molar-refractivity contribution in [2.75, 3.05) is 13.2 Å². The molecule has 1 heterocycles. The molecule has 0 saturated heterocycles. The predicted octanol–water partition coefficient (Wildman–Crippen LogP) is 3.63. The molecule has 1 aromatic carbocycles. The molecule has 0 saturated carbocycles. The molecule has 1 aromatic heterocycles. The van der Waals surface area contributed by atoms with Crippen LogP contribution in [-0.2, 0) is 4.74 Å². The maximum Gasteiger partial charge on any atom is 0.343 e. The Bertz CT molecular complexity index is 623. The maximum absolute atomic E-state index is 12.1. The molecule has 0 unspecified atom stereocenters. The quantitative estimate of drug-likeness (QED) is 0.787. The van der Waals surface area contributed by atoms with Crippen molar-refractivity contribution in [3.8, 4) is 16.9 Å². The molecule has 0 aliphatic rings. The molecule has 0 aliphatic carbocycles. The summed E-state index contributed by atoms with van der Waals surface area (Å²) in [7, 11) is 0. The van der Waals surface area contributed by atoms with E-state index in [4.69, 9.17) is 9.47 Å². The molecule has 2 aromatic rings. The first kappa shape index (κ1) is 15.0. The third-order valence-corrected chi connectivity index (χ3v) is 3.07. The summed E-state index contributed by atoms with van der Waals surface area (Å²) in [6, 6.07) is 9.79. The molecule has 0 N–H and O–H groups in total. The largest absolute Gasteiger partial charge is 0.492 e. The molecule has 0 bridgehead atoms. The van der Waals surface area contributed by atoms with E-state index in [1.165, 1.54) is 6.20 Å². The number of nitrogens with zero attached hydrogens (tertiary/aromatic N) is 1. The minimum absolute atomic E-state index is 0.318. The van der Waals surface area contributed by atoms with Gasteiger partial charge < -0.3 is 9.47 Å². The van der Waals surface area contributed by atoms with Crippen LogP contribution in [0.1, 0.15) is 29.9 Å². The predicted molar refractivity (Wildman–Crippen MR) is 81.5 cm³/mol. The SMILES string of the molecule is CCOC(=O)c1cnc(C)c(-c2ccccc2)c1OCC. The van der Waals surface area contributed by atoms with Crippen LogP contribution in [0.2, 0.25) is 0 Å². The lowest BCUT2D eigenvalue weighted by Crippen LogP contribution is -2.10. The van der Waals surface area contributed by atoms with Crippen molar-refractivity contribution in [1.29, 1.82) is 0 Å². The van der Waals surface area contributed by atoms with E-state index in [0.717, 1.165) is 16.8 Å². The molecule has 4 nitrogen and oxygen atoms in total. The standard InChI is InChI=1S/C17H19NO3/c1-4-20-16-14(17(19)21-5-2)11-18-12(3)15(16)13-9-7-6-8-10-13/h6-11H,4-5H2,1-3H3. The van der Waals surface area contributed by atoms with Gasteiger partial charge in [0.15, 0.2) is 0 Å². The molecule has 0 radical (unpaired) electrons. The minimum atomic E-state index is -0.411. The zero-order valence-electron chi connectivity index (χ0n) is 12.6.